The van der Waals surface area contributed by atoms with Crippen LogP contribution >= 0.6 is 0 Å². The number of nitrogens with one attached hydrogen (secondary N) is 1. The molecule has 0 spiro atoms. The van der Waals surface area contributed by atoms with Crippen LogP contribution in [0.15, 0.2) is 0 Å². The third-order valence-corrected chi connectivity index (χ3v) is 3.78. The lowest BCUT2D eigenvalue weighted by atomic mass is 9.94. The first-order chi connectivity index (χ1) is 9.58. The second-order valence-corrected chi connectivity index (χ2v) is 7.38. The molecule has 4 nitrogen and oxygen atoms in total. The van der Waals surface area contributed by atoms with Crippen LogP contribution in [0, 0.1) is 5.92 Å². The maximum absolute atomic E-state index is 11.5. The van der Waals surface area contributed by atoms with Gasteiger partial charge in [-0.05, 0) is 66.3 Å². The summed E-state index contributed by atoms with van der Waals surface area (Å²) in [5.41, 5.74) is -0.811. The van der Waals surface area contributed by atoms with Gasteiger partial charge < -0.3 is 10.0 Å². The lowest BCUT2D eigenvalue weighted by Gasteiger charge is -2.30. The van der Waals surface area contributed by atoms with Crippen molar-refractivity contribution in [3.8, 4) is 0 Å². The van der Waals surface area contributed by atoms with Gasteiger partial charge in [0.25, 0.3) is 0 Å². The Balaban J connectivity index is 4.28. The number of unbranched alkanes of at least 4 members (excludes halogenated alkanes) is 1. The summed E-state index contributed by atoms with van der Waals surface area (Å²) in [7, 11) is 0. The maximum atomic E-state index is 11.5. The molecule has 21 heavy (non-hydrogen) atoms. The molecule has 0 aliphatic rings. The van der Waals surface area contributed by atoms with Gasteiger partial charge in [0.2, 0.25) is 0 Å². The average Bonchev–Trinajstić information content (AvgIpc) is 2.31. The molecule has 0 amide bonds. The van der Waals surface area contributed by atoms with Crippen LogP contribution in [0.4, 0.5) is 0 Å². The van der Waals surface area contributed by atoms with Crippen molar-refractivity contribution in [3.05, 3.63) is 0 Å². The third kappa shape index (κ3) is 8.42. The smallest absolute Gasteiger partial charge is 0.323 e. The van der Waals surface area contributed by atoms with E-state index in [-0.39, 0.29) is 6.04 Å². The molecule has 0 bridgehead atoms. The highest BCUT2D eigenvalue weighted by Crippen LogP contribution is 2.16. The van der Waals surface area contributed by atoms with Gasteiger partial charge >= 0.3 is 5.97 Å². The molecular weight excluding hydrogens is 264 g/mol. The Hall–Kier alpha value is -0.610. The van der Waals surface area contributed by atoms with Crippen LogP contribution in [0.5, 0.6) is 0 Å². The molecule has 126 valence electrons. The molecule has 0 fully saturated rings. The predicted molar refractivity (Wildman–Crippen MR) is 89.7 cm³/mol. The van der Waals surface area contributed by atoms with Crippen molar-refractivity contribution >= 4 is 5.97 Å². The van der Waals surface area contributed by atoms with E-state index in [0.717, 1.165) is 25.9 Å². The molecule has 0 saturated heterocycles. The lowest BCUT2D eigenvalue weighted by molar-refractivity contribution is -0.144. The van der Waals surface area contributed by atoms with Crippen molar-refractivity contribution in [3.63, 3.8) is 0 Å². The highest BCUT2D eigenvalue weighted by atomic mass is 16.4. The van der Waals surface area contributed by atoms with Gasteiger partial charge in [-0.15, -0.1) is 0 Å². The summed E-state index contributed by atoms with van der Waals surface area (Å²) in [6.45, 7) is 16.9. The third-order valence-electron chi connectivity index (χ3n) is 3.78. The molecule has 0 aromatic rings. The number of rotatable bonds is 11. The summed E-state index contributed by atoms with van der Waals surface area (Å²) in [5, 5.41) is 12.6. The summed E-state index contributed by atoms with van der Waals surface area (Å²) in [6, 6.07) is 0.728. The second kappa shape index (κ2) is 9.42. The van der Waals surface area contributed by atoms with Crippen LogP contribution in [-0.2, 0) is 4.79 Å². The second-order valence-electron chi connectivity index (χ2n) is 7.38. The Morgan fingerprint density at radius 2 is 1.71 bits per heavy atom. The molecular formula is C17H36N2O2. The van der Waals surface area contributed by atoms with Crippen molar-refractivity contribution in [1.29, 1.82) is 0 Å². The summed E-state index contributed by atoms with van der Waals surface area (Å²) in [6.07, 6.45) is 2.66. The fraction of sp³-hybridized carbons (Fsp3) is 0.941. The van der Waals surface area contributed by atoms with Crippen molar-refractivity contribution in [1.82, 2.24) is 10.2 Å². The number of hydrogen-bond donors (Lipinski definition) is 2. The predicted octanol–water partition coefficient (Wildman–Crippen LogP) is 3.36. The van der Waals surface area contributed by atoms with E-state index in [2.05, 4.69) is 37.9 Å². The van der Waals surface area contributed by atoms with Crippen LogP contribution < -0.4 is 5.32 Å². The van der Waals surface area contributed by atoms with Gasteiger partial charge in [0.05, 0.1) is 0 Å². The molecule has 0 saturated carbocycles. The van der Waals surface area contributed by atoms with Gasteiger partial charge in [0, 0.05) is 18.6 Å². The van der Waals surface area contributed by atoms with E-state index in [9.17, 15) is 9.90 Å². The van der Waals surface area contributed by atoms with Crippen molar-refractivity contribution in [2.24, 2.45) is 5.92 Å². The number of carboxylic acid groups (broad SMARTS) is 1. The first-order valence-electron chi connectivity index (χ1n) is 8.33. The van der Waals surface area contributed by atoms with Crippen LogP contribution in [0.25, 0.3) is 0 Å². The molecule has 4 heteroatoms. The maximum Gasteiger partial charge on any atom is 0.323 e. The Labute approximate surface area is 131 Å². The average molecular weight is 300 g/mol. The summed E-state index contributed by atoms with van der Waals surface area (Å²) < 4.78 is 0. The molecule has 0 aliphatic heterocycles. The highest BCUT2D eigenvalue weighted by Gasteiger charge is 2.32. The molecule has 1 atom stereocenters. The monoisotopic (exact) mass is 300 g/mol. The number of aliphatic carboxylic acids is 1. The fourth-order valence-electron chi connectivity index (χ4n) is 2.70. The number of carboxylic acids is 1. The van der Waals surface area contributed by atoms with Crippen LogP contribution in [-0.4, -0.2) is 46.7 Å². The van der Waals surface area contributed by atoms with Crippen molar-refractivity contribution < 1.29 is 9.90 Å². The molecule has 0 aromatic carbocycles. The Bertz CT molecular complexity index is 303. The molecule has 0 heterocycles. The minimum atomic E-state index is -0.811. The zero-order valence-corrected chi connectivity index (χ0v) is 15.1. The lowest BCUT2D eigenvalue weighted by Crippen LogP contribution is -2.52. The van der Waals surface area contributed by atoms with E-state index in [4.69, 9.17) is 0 Å². The topological polar surface area (TPSA) is 52.6 Å². The van der Waals surface area contributed by atoms with Gasteiger partial charge in [-0.25, -0.2) is 0 Å². The Morgan fingerprint density at radius 3 is 2.10 bits per heavy atom. The first-order valence-corrected chi connectivity index (χ1v) is 8.33. The van der Waals surface area contributed by atoms with Gasteiger partial charge in [-0.1, -0.05) is 13.8 Å². The largest absolute Gasteiger partial charge is 0.480 e. The molecule has 0 aromatic heterocycles. The van der Waals surface area contributed by atoms with E-state index >= 15 is 0 Å². The summed E-state index contributed by atoms with van der Waals surface area (Å²) >= 11 is 0. The minimum absolute atomic E-state index is 0.180. The van der Waals surface area contributed by atoms with Gasteiger partial charge in [0.15, 0.2) is 0 Å². The van der Waals surface area contributed by atoms with Gasteiger partial charge in [-0.3, -0.25) is 10.1 Å². The van der Waals surface area contributed by atoms with Crippen LogP contribution in [0.2, 0.25) is 0 Å². The molecule has 0 aliphatic carbocycles. The molecule has 1 unspecified atom stereocenters. The summed E-state index contributed by atoms with van der Waals surface area (Å²) in [4.78, 5) is 14.0. The SMILES string of the molecule is CC(C)CN(CCCCC(C)(NC(C)C)C(=O)O)C(C)C. The minimum Gasteiger partial charge on any atom is -0.480 e. The molecule has 2 N–H and O–H groups in total. The quantitative estimate of drug-likeness (QED) is 0.574. The van der Waals surface area contributed by atoms with E-state index in [1.54, 1.807) is 6.92 Å². The van der Waals surface area contributed by atoms with Gasteiger partial charge in [-0.2, -0.15) is 0 Å². The van der Waals surface area contributed by atoms with E-state index in [1.807, 2.05) is 13.8 Å². The summed E-state index contributed by atoms with van der Waals surface area (Å²) in [5.74, 6) is -0.0848. The molecule has 0 radical (unpaired) electrons. The Kier molecular flexibility index (Phi) is 9.14. The van der Waals surface area contributed by atoms with Crippen LogP contribution in [0.3, 0.4) is 0 Å². The highest BCUT2D eigenvalue weighted by molar-refractivity contribution is 5.78. The number of hydrogen-bond acceptors (Lipinski definition) is 3. The van der Waals surface area contributed by atoms with Crippen LogP contribution in [0.1, 0.15) is 67.7 Å². The first kappa shape index (κ1) is 20.4. The molecule has 0 rings (SSSR count). The number of nitrogens with zero attached hydrogens (tertiary/aromatic N) is 1. The zero-order chi connectivity index (χ0) is 16.6. The zero-order valence-electron chi connectivity index (χ0n) is 15.1. The number of carbonyl (C=O) groups is 1. The fourth-order valence-corrected chi connectivity index (χ4v) is 2.70. The Morgan fingerprint density at radius 1 is 1.14 bits per heavy atom. The van der Waals surface area contributed by atoms with Crippen molar-refractivity contribution in [2.75, 3.05) is 13.1 Å². The standard InChI is InChI=1S/C17H36N2O2/c1-13(2)12-19(15(5)6)11-9-8-10-17(7,16(20)21)18-14(3)4/h13-15,18H,8-12H2,1-7H3,(H,20,21). The van der Waals surface area contributed by atoms with E-state index < -0.39 is 11.5 Å². The van der Waals surface area contributed by atoms with E-state index in [1.165, 1.54) is 0 Å². The van der Waals surface area contributed by atoms with Gasteiger partial charge in [0.1, 0.15) is 5.54 Å². The van der Waals surface area contributed by atoms with E-state index in [0.29, 0.717) is 18.4 Å². The van der Waals surface area contributed by atoms with Crippen molar-refractivity contribution in [2.45, 2.75) is 85.4 Å². The normalized spacial score (nSPS) is 15.2.